The van der Waals surface area contributed by atoms with E-state index >= 15 is 0 Å². The highest BCUT2D eigenvalue weighted by Crippen LogP contribution is 2.34. The minimum absolute atomic E-state index is 0.138. The van der Waals surface area contributed by atoms with Crippen molar-refractivity contribution in [2.45, 2.75) is 51.9 Å². The van der Waals surface area contributed by atoms with E-state index in [0.29, 0.717) is 29.2 Å². The van der Waals surface area contributed by atoms with Crippen LogP contribution < -0.4 is 4.90 Å². The first kappa shape index (κ1) is 25.2. The van der Waals surface area contributed by atoms with E-state index in [1.54, 1.807) is 34.8 Å². The first-order chi connectivity index (χ1) is 15.7. The molecule has 0 unspecified atom stereocenters. The lowest BCUT2D eigenvalue weighted by atomic mass is 10.1. The summed E-state index contributed by atoms with van der Waals surface area (Å²) in [6.45, 7) is 10.8. The Morgan fingerprint density at radius 2 is 1.64 bits per heavy atom. The summed E-state index contributed by atoms with van der Waals surface area (Å²) >= 11 is 0. The zero-order valence-electron chi connectivity index (χ0n) is 20.2. The van der Waals surface area contributed by atoms with Crippen molar-refractivity contribution in [3.05, 3.63) is 48.0 Å². The van der Waals surface area contributed by atoms with Gasteiger partial charge < -0.3 is 10.0 Å². The van der Waals surface area contributed by atoms with Crippen LogP contribution in [0.1, 0.15) is 52.5 Å². The van der Waals surface area contributed by atoms with Gasteiger partial charge in [0.2, 0.25) is 10.0 Å². The number of phenolic OH excluding ortho intramolecular Hbond substituents is 1. The van der Waals surface area contributed by atoms with Crippen molar-refractivity contribution in [3.8, 4) is 5.75 Å². The first-order valence-corrected chi connectivity index (χ1v) is 13.3. The fraction of sp³-hybridized carbons (Fsp3) is 0.500. The smallest absolute Gasteiger partial charge is 0.245 e. The molecule has 6 nitrogen and oxygen atoms in total. The van der Waals surface area contributed by atoms with Crippen LogP contribution in [-0.4, -0.2) is 50.2 Å². The average Bonchev–Trinajstić information content (AvgIpc) is 2.78. The minimum Gasteiger partial charge on any atom is -0.507 e. The summed E-state index contributed by atoms with van der Waals surface area (Å²) in [6, 6.07) is 12.4. The Morgan fingerprint density at radius 3 is 2.24 bits per heavy atom. The van der Waals surface area contributed by atoms with Crippen molar-refractivity contribution in [1.82, 2.24) is 4.31 Å². The summed E-state index contributed by atoms with van der Waals surface area (Å²) in [5, 5.41) is 10.0. The third-order valence-electron chi connectivity index (χ3n) is 5.68. The van der Waals surface area contributed by atoms with E-state index in [1.807, 2.05) is 45.9 Å². The molecule has 3 rings (SSSR count). The zero-order valence-corrected chi connectivity index (χ0v) is 21.1. The summed E-state index contributed by atoms with van der Waals surface area (Å²) in [5.74, 6) is 0.581. The number of aliphatic imine (C=N–C) groups is 1. The van der Waals surface area contributed by atoms with E-state index in [4.69, 9.17) is 0 Å². The highest BCUT2D eigenvalue weighted by molar-refractivity contribution is 7.89. The van der Waals surface area contributed by atoms with E-state index in [1.165, 1.54) is 6.42 Å². The number of benzene rings is 2. The zero-order chi connectivity index (χ0) is 24.0. The van der Waals surface area contributed by atoms with Gasteiger partial charge in [0.1, 0.15) is 10.6 Å². The van der Waals surface area contributed by atoms with E-state index in [9.17, 15) is 13.5 Å². The second kappa shape index (κ2) is 11.2. The maximum atomic E-state index is 14.0. The number of anilines is 1. The Balaban J connectivity index is 2.06. The quantitative estimate of drug-likeness (QED) is 0.495. The molecule has 33 heavy (non-hydrogen) atoms. The van der Waals surface area contributed by atoms with Crippen LogP contribution in [0.2, 0.25) is 0 Å². The molecule has 0 aliphatic carbocycles. The van der Waals surface area contributed by atoms with Gasteiger partial charge in [-0.3, -0.25) is 4.99 Å². The lowest BCUT2D eigenvalue weighted by molar-refractivity contribution is 0.333. The van der Waals surface area contributed by atoms with Gasteiger partial charge in [0.15, 0.2) is 0 Å². The van der Waals surface area contributed by atoms with E-state index < -0.39 is 10.0 Å². The molecule has 2 aromatic carbocycles. The van der Waals surface area contributed by atoms with Crippen LogP contribution in [0, 0.1) is 11.8 Å². The highest BCUT2D eigenvalue weighted by Gasteiger charge is 2.30. The van der Waals surface area contributed by atoms with Crippen molar-refractivity contribution in [2.24, 2.45) is 16.8 Å². The molecule has 2 aromatic rings. The summed E-state index contributed by atoms with van der Waals surface area (Å²) in [5.41, 5.74) is 1.89. The van der Waals surface area contributed by atoms with Gasteiger partial charge in [-0.15, -0.1) is 0 Å². The number of rotatable bonds is 9. The third-order valence-corrected chi connectivity index (χ3v) is 7.55. The Morgan fingerprint density at radius 1 is 1.00 bits per heavy atom. The molecule has 1 saturated heterocycles. The summed E-state index contributed by atoms with van der Waals surface area (Å²) in [6.07, 6.45) is 4.87. The van der Waals surface area contributed by atoms with Gasteiger partial charge in [0.25, 0.3) is 0 Å². The lowest BCUT2D eigenvalue weighted by Gasteiger charge is -2.32. The maximum absolute atomic E-state index is 14.0. The molecule has 1 aliphatic rings. The fourth-order valence-corrected chi connectivity index (χ4v) is 6.15. The molecule has 7 heteroatoms. The fourth-order valence-electron chi connectivity index (χ4n) is 4.15. The number of para-hydroxylation sites is 1. The summed E-state index contributed by atoms with van der Waals surface area (Å²) in [7, 11) is -3.72. The predicted molar refractivity (Wildman–Crippen MR) is 136 cm³/mol. The van der Waals surface area contributed by atoms with E-state index in [2.05, 4.69) is 9.89 Å². The van der Waals surface area contributed by atoms with Crippen LogP contribution in [0.15, 0.2) is 52.4 Å². The number of piperidine rings is 1. The molecule has 1 fully saturated rings. The number of hydrogen-bond donors (Lipinski definition) is 1. The van der Waals surface area contributed by atoms with Gasteiger partial charge >= 0.3 is 0 Å². The maximum Gasteiger partial charge on any atom is 0.245 e. The standard InChI is InChI=1S/C26H37N3O3S/c1-20(2)18-29(19-21(3)4)33(31,32)26-16-23(27-17-22-10-6-7-11-25(22)30)12-13-24(26)28-14-8-5-9-15-28/h6-7,10-13,16-17,20-21,30H,5,8-9,14-15,18-19H2,1-4H3. The molecular weight excluding hydrogens is 434 g/mol. The number of phenols is 1. The van der Waals surface area contributed by atoms with Crippen molar-refractivity contribution in [3.63, 3.8) is 0 Å². The SMILES string of the molecule is CC(C)CN(CC(C)C)S(=O)(=O)c1cc(N=Cc2ccccc2O)ccc1N1CCCCC1. The molecule has 1 heterocycles. The first-order valence-electron chi connectivity index (χ1n) is 11.9. The molecule has 0 atom stereocenters. The topological polar surface area (TPSA) is 73.2 Å². The molecular formula is C26H37N3O3S. The molecule has 0 saturated carbocycles. The summed E-state index contributed by atoms with van der Waals surface area (Å²) in [4.78, 5) is 7.00. The van der Waals surface area contributed by atoms with Crippen LogP contribution in [0.4, 0.5) is 11.4 Å². The average molecular weight is 472 g/mol. The molecule has 0 bridgehead atoms. The second-order valence-corrected chi connectivity index (χ2v) is 11.5. The third kappa shape index (κ3) is 6.58. The predicted octanol–water partition coefficient (Wildman–Crippen LogP) is 5.44. The molecule has 0 radical (unpaired) electrons. The van der Waals surface area contributed by atoms with Gasteiger partial charge in [0.05, 0.1) is 11.4 Å². The normalized spacial score (nSPS) is 15.3. The van der Waals surface area contributed by atoms with E-state index in [-0.39, 0.29) is 17.6 Å². The van der Waals surface area contributed by atoms with Crippen molar-refractivity contribution in [1.29, 1.82) is 0 Å². The molecule has 0 amide bonds. The van der Waals surface area contributed by atoms with Crippen LogP contribution in [0.3, 0.4) is 0 Å². The Hall–Kier alpha value is -2.38. The van der Waals surface area contributed by atoms with Gasteiger partial charge in [-0.05, 0) is 61.4 Å². The van der Waals surface area contributed by atoms with Crippen LogP contribution in [0.5, 0.6) is 5.75 Å². The Labute approximate surface area is 199 Å². The van der Waals surface area contributed by atoms with Crippen molar-refractivity contribution in [2.75, 3.05) is 31.1 Å². The largest absolute Gasteiger partial charge is 0.507 e. The molecule has 0 spiro atoms. The molecule has 1 aliphatic heterocycles. The van der Waals surface area contributed by atoms with Gasteiger partial charge in [0, 0.05) is 38.0 Å². The van der Waals surface area contributed by atoms with Crippen LogP contribution >= 0.6 is 0 Å². The molecule has 180 valence electrons. The second-order valence-electron chi connectivity index (χ2n) is 9.63. The van der Waals surface area contributed by atoms with E-state index in [0.717, 1.165) is 31.6 Å². The van der Waals surface area contributed by atoms with Gasteiger partial charge in [-0.25, -0.2) is 8.42 Å². The Bertz CT molecular complexity index is 1050. The van der Waals surface area contributed by atoms with Gasteiger partial charge in [-0.1, -0.05) is 39.8 Å². The minimum atomic E-state index is -3.72. The molecule has 1 N–H and O–H groups in total. The summed E-state index contributed by atoms with van der Waals surface area (Å²) < 4.78 is 29.5. The molecule has 0 aromatic heterocycles. The lowest BCUT2D eigenvalue weighted by Crippen LogP contribution is -2.38. The number of aromatic hydroxyl groups is 1. The monoisotopic (exact) mass is 471 g/mol. The van der Waals surface area contributed by atoms with Crippen LogP contribution in [0.25, 0.3) is 0 Å². The number of sulfonamides is 1. The van der Waals surface area contributed by atoms with Crippen molar-refractivity contribution < 1.29 is 13.5 Å². The van der Waals surface area contributed by atoms with Gasteiger partial charge in [-0.2, -0.15) is 4.31 Å². The van der Waals surface area contributed by atoms with Crippen molar-refractivity contribution >= 4 is 27.6 Å². The number of hydrogen-bond acceptors (Lipinski definition) is 5. The Kier molecular flexibility index (Phi) is 8.54. The van der Waals surface area contributed by atoms with Crippen LogP contribution in [-0.2, 0) is 10.0 Å². The highest BCUT2D eigenvalue weighted by atomic mass is 32.2. The number of nitrogens with zero attached hydrogens (tertiary/aromatic N) is 3.